The molecule has 0 aromatic heterocycles. The lowest BCUT2D eigenvalue weighted by Gasteiger charge is -2.47. The lowest BCUT2D eigenvalue weighted by atomic mass is 9.83. The number of carbonyl (C=O) groups is 5. The Morgan fingerprint density at radius 2 is 1.49 bits per heavy atom. The summed E-state index contributed by atoms with van der Waals surface area (Å²) in [5.74, 6) is -1.31. The number of rotatable bonds is 22. The van der Waals surface area contributed by atoms with Crippen LogP contribution in [0.4, 0.5) is 24.9 Å². The number of hydrogen-bond acceptors (Lipinski definition) is 20. The second-order valence-electron chi connectivity index (χ2n) is 20.7. The number of alkyl carbamates (subject to hydrolysis) is 3. The first kappa shape index (κ1) is 63.0. The topological polar surface area (TPSA) is 399 Å². The number of aliphatic hydroxyl groups excluding tert-OH is 4. The number of nitro groups is 1. The van der Waals surface area contributed by atoms with Gasteiger partial charge in [-0.05, 0) is 112 Å². The van der Waals surface area contributed by atoms with Crippen molar-refractivity contribution in [2.45, 2.75) is 179 Å². The van der Waals surface area contributed by atoms with Crippen molar-refractivity contribution in [1.82, 2.24) is 26.2 Å². The molecule has 1 aromatic carbocycles. The van der Waals surface area contributed by atoms with E-state index < -0.39 is 132 Å². The molecule has 424 valence electrons. The third-order valence-electron chi connectivity index (χ3n) is 10.8. The van der Waals surface area contributed by atoms with Crippen LogP contribution in [-0.4, -0.2) is 184 Å². The summed E-state index contributed by atoms with van der Waals surface area (Å²) in [7, 11) is 1.35. The zero-order chi connectivity index (χ0) is 56.6. The van der Waals surface area contributed by atoms with Crippen molar-refractivity contribution in [2.24, 2.45) is 16.5 Å². The van der Waals surface area contributed by atoms with Gasteiger partial charge in [-0.3, -0.25) is 14.9 Å². The minimum Gasteiger partial charge on any atom is -0.465 e. The van der Waals surface area contributed by atoms with Crippen LogP contribution < -0.4 is 32.7 Å². The number of ether oxygens (including phenoxy) is 8. The van der Waals surface area contributed by atoms with Gasteiger partial charge in [-0.15, -0.1) is 0 Å². The van der Waals surface area contributed by atoms with E-state index in [1.807, 2.05) is 0 Å². The summed E-state index contributed by atoms with van der Waals surface area (Å²) in [6, 6.07) is 0.473. The van der Waals surface area contributed by atoms with E-state index in [1.165, 1.54) is 38.2 Å². The van der Waals surface area contributed by atoms with Crippen LogP contribution in [0.25, 0.3) is 0 Å². The Hall–Kier alpha value is -6.30. The molecule has 0 unspecified atom stereocenters. The summed E-state index contributed by atoms with van der Waals surface area (Å²) in [4.78, 5) is 81.3. The van der Waals surface area contributed by atoms with Crippen molar-refractivity contribution in [3.63, 3.8) is 0 Å². The number of benzene rings is 1. The fourth-order valence-corrected chi connectivity index (χ4v) is 7.23. The second-order valence-corrected chi connectivity index (χ2v) is 20.7. The number of nitrogens with two attached hydrogens (primary N) is 2. The predicted molar refractivity (Wildman–Crippen MR) is 265 cm³/mol. The fraction of sp³-hybridized carbons (Fsp3) is 0.702. The van der Waals surface area contributed by atoms with Crippen molar-refractivity contribution in [3.8, 4) is 0 Å². The van der Waals surface area contributed by atoms with E-state index in [4.69, 9.17) is 49.4 Å². The summed E-state index contributed by atoms with van der Waals surface area (Å²) in [5, 5.41) is 66.6. The Labute approximate surface area is 435 Å². The standard InChI is InChI=1S/C47H77N9O19/c1-25(55(11)44(65)75-47(8,9)10)33(59)39(68-21-20-57)72-35-30(52-37(61)32(58)18-19-50-42(63)73-45(2,3)4)22-31(54-43(64)74-46(5,6)7)36(34(35)60)71-38-29(53-40(48)49)17-16-28(70-38)23-51-41(62)69-24-26-12-14-27(15-13-26)56(66)67/h12-16,25,29-36,38-39,57-60H,17-24H2,1-11H3,(H,50,63)(H,51,62)(H,52,61)(H,54,64)(H4,48,49,53)/t25-,29+,30+,31-,32-,33+,34+,35-,36+,38+,39+/m0/s1. The quantitative estimate of drug-likeness (QED) is 0.0195. The van der Waals surface area contributed by atoms with E-state index in [9.17, 15) is 54.5 Å². The van der Waals surface area contributed by atoms with Gasteiger partial charge in [-0.25, -0.2) is 24.2 Å². The molecular formula is C47H77N9O19. The van der Waals surface area contributed by atoms with Gasteiger partial charge in [0.05, 0.1) is 42.8 Å². The molecule has 1 aliphatic heterocycles. The fourth-order valence-electron chi connectivity index (χ4n) is 7.23. The Bertz CT molecular complexity index is 2120. The number of non-ortho nitro benzene ring substituents is 1. The second kappa shape index (κ2) is 28.0. The summed E-state index contributed by atoms with van der Waals surface area (Å²) >= 11 is 0. The molecule has 0 bridgehead atoms. The molecule has 3 rings (SSSR count). The van der Waals surface area contributed by atoms with Crippen molar-refractivity contribution in [2.75, 3.05) is 33.4 Å². The van der Waals surface area contributed by atoms with E-state index in [0.29, 0.717) is 5.56 Å². The van der Waals surface area contributed by atoms with Gasteiger partial charge >= 0.3 is 24.4 Å². The molecule has 1 heterocycles. The summed E-state index contributed by atoms with van der Waals surface area (Å²) in [5.41, 5.74) is 9.13. The van der Waals surface area contributed by atoms with Crippen LogP contribution in [0, 0.1) is 10.1 Å². The SMILES string of the molecule is C[C@@H]([C@@H](O)[C@H](OCCO)O[C@@H]1[C@@H](O)[C@H](O[C@H]2OC(CNC(=O)OCc3ccc([N+](=O)[O-])cc3)=CC[C@H]2N=C(N)N)[C@@H](NC(=O)OC(C)(C)C)C[C@H]1NC(=O)[C@@H](O)CCNC(=O)OC(C)(C)C)N(C)C(=O)OC(C)(C)C. The molecule has 0 spiro atoms. The zero-order valence-corrected chi connectivity index (χ0v) is 44.3. The van der Waals surface area contributed by atoms with Crippen molar-refractivity contribution < 1.29 is 87.2 Å². The number of aliphatic imine (C=N–C) groups is 1. The summed E-state index contributed by atoms with van der Waals surface area (Å²) in [6.45, 7) is 14.4. The van der Waals surface area contributed by atoms with Crippen LogP contribution in [0.5, 0.6) is 0 Å². The lowest BCUT2D eigenvalue weighted by molar-refractivity contribution is -0.384. The van der Waals surface area contributed by atoms with Crippen molar-refractivity contribution >= 4 is 41.9 Å². The highest BCUT2D eigenvalue weighted by Crippen LogP contribution is 2.32. The first-order chi connectivity index (χ1) is 34.8. The third kappa shape index (κ3) is 21.8. The van der Waals surface area contributed by atoms with Crippen LogP contribution in [0.2, 0.25) is 0 Å². The maximum atomic E-state index is 13.8. The van der Waals surface area contributed by atoms with E-state index in [0.717, 1.165) is 4.90 Å². The number of likely N-dealkylation sites (N-methyl/N-ethyl adjacent to an activating group) is 1. The van der Waals surface area contributed by atoms with Gasteiger partial charge in [0.15, 0.2) is 12.2 Å². The molecule has 12 N–H and O–H groups in total. The van der Waals surface area contributed by atoms with Gasteiger partial charge in [0.25, 0.3) is 5.69 Å². The largest absolute Gasteiger partial charge is 0.465 e. The maximum Gasteiger partial charge on any atom is 0.410 e. The molecule has 75 heavy (non-hydrogen) atoms. The summed E-state index contributed by atoms with van der Waals surface area (Å²) in [6.07, 6.45) is -14.8. The predicted octanol–water partition coefficient (Wildman–Crippen LogP) is 1.23. The van der Waals surface area contributed by atoms with Gasteiger partial charge in [0.2, 0.25) is 12.2 Å². The third-order valence-corrected chi connectivity index (χ3v) is 10.8. The van der Waals surface area contributed by atoms with Gasteiger partial charge in [-0.2, -0.15) is 0 Å². The zero-order valence-electron chi connectivity index (χ0n) is 44.3. The molecule has 28 nitrogen and oxygen atoms in total. The summed E-state index contributed by atoms with van der Waals surface area (Å²) < 4.78 is 46.3. The number of amides is 5. The van der Waals surface area contributed by atoms with Crippen LogP contribution >= 0.6 is 0 Å². The average Bonchev–Trinajstić information content (AvgIpc) is 3.29. The number of nitrogens with zero attached hydrogens (tertiary/aromatic N) is 3. The molecule has 2 aliphatic rings. The monoisotopic (exact) mass is 1070 g/mol. The maximum absolute atomic E-state index is 13.8. The van der Waals surface area contributed by atoms with Gasteiger partial charge in [0, 0.05) is 25.7 Å². The molecule has 1 aromatic rings. The Balaban J connectivity index is 2.04. The number of nitrogens with one attached hydrogen (secondary N) is 4. The van der Waals surface area contributed by atoms with E-state index in [2.05, 4.69) is 26.3 Å². The Kier molecular flexibility index (Phi) is 23.5. The van der Waals surface area contributed by atoms with Crippen molar-refractivity contribution in [1.29, 1.82) is 0 Å². The van der Waals surface area contributed by atoms with Gasteiger partial charge in [-0.1, -0.05) is 0 Å². The van der Waals surface area contributed by atoms with Gasteiger partial charge < -0.3 is 96.0 Å². The molecule has 0 radical (unpaired) electrons. The molecule has 28 heteroatoms. The highest BCUT2D eigenvalue weighted by Gasteiger charge is 2.51. The van der Waals surface area contributed by atoms with E-state index in [1.54, 1.807) is 68.4 Å². The van der Waals surface area contributed by atoms with Crippen LogP contribution in [0.15, 0.2) is 41.1 Å². The molecule has 5 amide bonds. The number of aliphatic hydroxyl groups is 4. The first-order valence-corrected chi connectivity index (χ1v) is 24.2. The number of carbonyl (C=O) groups excluding carboxylic acids is 5. The number of guanidine groups is 1. The minimum absolute atomic E-state index is 0.0238. The molecule has 1 fully saturated rings. The Morgan fingerprint density at radius 3 is 2.07 bits per heavy atom. The molecule has 1 aliphatic carbocycles. The number of nitro benzene ring substituents is 1. The van der Waals surface area contributed by atoms with Crippen LogP contribution in [-0.2, 0) is 49.3 Å². The smallest absolute Gasteiger partial charge is 0.410 e. The van der Waals surface area contributed by atoms with Gasteiger partial charge in [0.1, 0.15) is 65.7 Å². The number of hydrogen-bond donors (Lipinski definition) is 10. The van der Waals surface area contributed by atoms with E-state index >= 15 is 0 Å². The van der Waals surface area contributed by atoms with Crippen LogP contribution in [0.1, 0.15) is 94.1 Å². The highest BCUT2D eigenvalue weighted by molar-refractivity contribution is 5.81. The molecule has 0 saturated heterocycles. The Morgan fingerprint density at radius 1 is 0.893 bits per heavy atom. The van der Waals surface area contributed by atoms with Crippen molar-refractivity contribution in [3.05, 3.63) is 51.8 Å². The molecule has 1 saturated carbocycles. The normalized spacial score (nSPS) is 22.5. The average molecular weight is 1070 g/mol. The van der Waals surface area contributed by atoms with E-state index in [-0.39, 0.29) is 56.4 Å². The highest BCUT2D eigenvalue weighted by atomic mass is 16.7. The molecular weight excluding hydrogens is 995 g/mol. The lowest BCUT2D eigenvalue weighted by Crippen LogP contribution is -2.68. The van der Waals surface area contributed by atoms with Crippen LogP contribution in [0.3, 0.4) is 0 Å². The molecule has 11 atom stereocenters. The minimum atomic E-state index is -1.97. The first-order valence-electron chi connectivity index (χ1n) is 24.2.